The molecule has 1 amide bonds. The number of hydroxylamine groups is 1. The average Bonchev–Trinajstić information content (AvgIpc) is 2.26. The molecule has 0 heterocycles. The van der Waals surface area contributed by atoms with Crippen molar-refractivity contribution in [2.75, 3.05) is 19.0 Å². The van der Waals surface area contributed by atoms with Gasteiger partial charge in [0.25, 0.3) is 5.91 Å². The first-order chi connectivity index (χ1) is 6.76. The number of anilines is 1. The van der Waals surface area contributed by atoms with Gasteiger partial charge >= 0.3 is 0 Å². The lowest BCUT2D eigenvalue weighted by atomic mass is 10.3. The predicted octanol–water partition coefficient (Wildman–Crippen LogP) is 0.612. The van der Waals surface area contributed by atoms with Gasteiger partial charge < -0.3 is 10.1 Å². The highest BCUT2D eigenvalue weighted by Gasteiger charge is 1.98. The van der Waals surface area contributed by atoms with Crippen LogP contribution in [0.5, 0.6) is 5.75 Å². The molecule has 0 atom stereocenters. The van der Waals surface area contributed by atoms with Gasteiger partial charge in [0.05, 0.1) is 13.7 Å². The largest absolute Gasteiger partial charge is 0.497 e. The molecule has 0 saturated carbocycles. The lowest BCUT2D eigenvalue weighted by Crippen LogP contribution is -2.26. The first-order valence-corrected chi connectivity index (χ1v) is 4.07. The Bertz CT molecular complexity index is 297. The minimum Gasteiger partial charge on any atom is -0.497 e. The summed E-state index contributed by atoms with van der Waals surface area (Å²) in [4.78, 5) is 10.7. The summed E-state index contributed by atoms with van der Waals surface area (Å²) in [6.45, 7) is 0.0306. The van der Waals surface area contributed by atoms with Crippen molar-refractivity contribution in [2.45, 2.75) is 0 Å². The summed E-state index contributed by atoms with van der Waals surface area (Å²) in [5, 5.41) is 11.1. The molecule has 0 aliphatic rings. The van der Waals surface area contributed by atoms with Crippen LogP contribution in [-0.4, -0.2) is 24.8 Å². The number of amides is 1. The minimum atomic E-state index is -0.485. The van der Waals surface area contributed by atoms with Gasteiger partial charge in [0.15, 0.2) is 0 Å². The van der Waals surface area contributed by atoms with Crippen LogP contribution in [0.25, 0.3) is 0 Å². The molecule has 0 spiro atoms. The molecule has 0 unspecified atom stereocenters. The van der Waals surface area contributed by atoms with Gasteiger partial charge in [-0.25, -0.2) is 5.48 Å². The lowest BCUT2D eigenvalue weighted by molar-refractivity contribution is -0.127. The van der Waals surface area contributed by atoms with Gasteiger partial charge in [0.1, 0.15) is 5.75 Å². The van der Waals surface area contributed by atoms with Crippen molar-refractivity contribution in [3.05, 3.63) is 24.3 Å². The van der Waals surface area contributed by atoms with E-state index in [2.05, 4.69) is 5.32 Å². The second-order valence-electron chi connectivity index (χ2n) is 2.62. The monoisotopic (exact) mass is 196 g/mol. The quantitative estimate of drug-likeness (QED) is 0.487. The molecule has 14 heavy (non-hydrogen) atoms. The van der Waals surface area contributed by atoms with Crippen molar-refractivity contribution in [1.82, 2.24) is 5.48 Å². The van der Waals surface area contributed by atoms with Gasteiger partial charge in [-0.2, -0.15) is 0 Å². The Morgan fingerprint density at radius 1 is 1.43 bits per heavy atom. The molecule has 1 rings (SSSR count). The van der Waals surface area contributed by atoms with Crippen LogP contribution in [0.1, 0.15) is 0 Å². The van der Waals surface area contributed by atoms with Gasteiger partial charge in [-0.05, 0) is 24.3 Å². The van der Waals surface area contributed by atoms with E-state index in [0.29, 0.717) is 0 Å². The molecular weight excluding hydrogens is 184 g/mol. The zero-order chi connectivity index (χ0) is 10.4. The molecule has 1 aromatic rings. The molecule has 0 aliphatic carbocycles. The Labute approximate surface area is 81.6 Å². The SMILES string of the molecule is COc1ccc(NCC(=O)NO)cc1. The highest BCUT2D eigenvalue weighted by Crippen LogP contribution is 2.14. The Morgan fingerprint density at radius 2 is 2.07 bits per heavy atom. The van der Waals surface area contributed by atoms with E-state index >= 15 is 0 Å². The maximum Gasteiger partial charge on any atom is 0.262 e. The number of hydrogen-bond acceptors (Lipinski definition) is 4. The van der Waals surface area contributed by atoms with E-state index < -0.39 is 5.91 Å². The van der Waals surface area contributed by atoms with Crippen LogP contribution in [0.2, 0.25) is 0 Å². The predicted molar refractivity (Wildman–Crippen MR) is 51.4 cm³/mol. The molecule has 76 valence electrons. The van der Waals surface area contributed by atoms with Crippen molar-refractivity contribution in [1.29, 1.82) is 0 Å². The highest BCUT2D eigenvalue weighted by atomic mass is 16.5. The standard InChI is InChI=1S/C9H12N2O3/c1-14-8-4-2-7(3-5-8)10-6-9(12)11-13/h2-5,10,13H,6H2,1H3,(H,11,12). The third-order valence-electron chi connectivity index (χ3n) is 1.67. The number of rotatable bonds is 4. The number of benzene rings is 1. The van der Waals surface area contributed by atoms with Crippen molar-refractivity contribution < 1.29 is 14.7 Å². The van der Waals surface area contributed by atoms with Crippen LogP contribution in [-0.2, 0) is 4.79 Å². The van der Waals surface area contributed by atoms with Gasteiger partial charge in [-0.3, -0.25) is 10.0 Å². The maximum atomic E-state index is 10.7. The number of carbonyl (C=O) groups excluding carboxylic acids is 1. The van der Waals surface area contributed by atoms with Gasteiger partial charge in [-0.1, -0.05) is 0 Å². The van der Waals surface area contributed by atoms with E-state index in [4.69, 9.17) is 9.94 Å². The van der Waals surface area contributed by atoms with E-state index in [9.17, 15) is 4.79 Å². The second kappa shape index (κ2) is 5.08. The maximum absolute atomic E-state index is 10.7. The Morgan fingerprint density at radius 3 is 2.57 bits per heavy atom. The van der Waals surface area contributed by atoms with E-state index in [0.717, 1.165) is 11.4 Å². The molecule has 1 aromatic carbocycles. The normalized spacial score (nSPS) is 9.29. The molecule has 0 fully saturated rings. The number of hydrogen-bond donors (Lipinski definition) is 3. The lowest BCUT2D eigenvalue weighted by Gasteiger charge is -2.05. The summed E-state index contributed by atoms with van der Waals surface area (Å²) >= 11 is 0. The summed E-state index contributed by atoms with van der Waals surface area (Å²) in [5.74, 6) is 0.267. The first kappa shape index (κ1) is 10.3. The molecule has 5 nitrogen and oxygen atoms in total. The molecule has 0 radical (unpaired) electrons. The fourth-order valence-electron chi connectivity index (χ4n) is 0.931. The first-order valence-electron chi connectivity index (χ1n) is 4.07. The zero-order valence-corrected chi connectivity index (χ0v) is 7.78. The van der Waals surface area contributed by atoms with E-state index in [1.807, 2.05) is 0 Å². The van der Waals surface area contributed by atoms with Gasteiger partial charge in [-0.15, -0.1) is 0 Å². The molecule has 3 N–H and O–H groups in total. The van der Waals surface area contributed by atoms with Gasteiger partial charge in [0.2, 0.25) is 0 Å². The topological polar surface area (TPSA) is 70.6 Å². The zero-order valence-electron chi connectivity index (χ0n) is 7.78. The van der Waals surface area contributed by atoms with Crippen molar-refractivity contribution in [2.24, 2.45) is 0 Å². The van der Waals surface area contributed by atoms with Crippen LogP contribution >= 0.6 is 0 Å². The van der Waals surface area contributed by atoms with Crippen molar-refractivity contribution in [3.63, 3.8) is 0 Å². The third-order valence-corrected chi connectivity index (χ3v) is 1.67. The fraction of sp³-hybridized carbons (Fsp3) is 0.222. The number of methoxy groups -OCH3 is 1. The smallest absolute Gasteiger partial charge is 0.262 e. The second-order valence-corrected chi connectivity index (χ2v) is 2.62. The minimum absolute atomic E-state index is 0.0306. The van der Waals surface area contributed by atoms with Crippen LogP contribution in [0.4, 0.5) is 5.69 Å². The van der Waals surface area contributed by atoms with Crippen molar-refractivity contribution in [3.8, 4) is 5.75 Å². The molecular formula is C9H12N2O3. The van der Waals surface area contributed by atoms with Gasteiger partial charge in [0, 0.05) is 5.69 Å². The molecule has 0 aliphatic heterocycles. The third kappa shape index (κ3) is 2.95. The number of nitrogens with one attached hydrogen (secondary N) is 2. The highest BCUT2D eigenvalue weighted by molar-refractivity contribution is 5.79. The van der Waals surface area contributed by atoms with E-state index in [1.165, 1.54) is 5.48 Å². The van der Waals surface area contributed by atoms with E-state index in [1.54, 1.807) is 31.4 Å². The number of carbonyl (C=O) groups is 1. The van der Waals surface area contributed by atoms with Crippen LogP contribution < -0.4 is 15.5 Å². The Balaban J connectivity index is 2.47. The fourth-order valence-corrected chi connectivity index (χ4v) is 0.931. The summed E-state index contributed by atoms with van der Waals surface area (Å²) in [7, 11) is 1.58. The summed E-state index contributed by atoms with van der Waals surface area (Å²) < 4.78 is 4.97. The average molecular weight is 196 g/mol. The van der Waals surface area contributed by atoms with E-state index in [-0.39, 0.29) is 6.54 Å². The molecule has 5 heteroatoms. The Hall–Kier alpha value is -1.75. The molecule has 0 aromatic heterocycles. The Kier molecular flexibility index (Phi) is 3.75. The van der Waals surface area contributed by atoms with Crippen LogP contribution in [0.3, 0.4) is 0 Å². The number of ether oxygens (including phenoxy) is 1. The van der Waals surface area contributed by atoms with Crippen LogP contribution in [0.15, 0.2) is 24.3 Å². The summed E-state index contributed by atoms with van der Waals surface area (Å²) in [6, 6.07) is 7.12. The summed E-state index contributed by atoms with van der Waals surface area (Å²) in [6.07, 6.45) is 0. The summed E-state index contributed by atoms with van der Waals surface area (Å²) in [5.41, 5.74) is 2.32. The molecule has 0 bridgehead atoms. The van der Waals surface area contributed by atoms with Crippen molar-refractivity contribution >= 4 is 11.6 Å². The van der Waals surface area contributed by atoms with Crippen LogP contribution in [0, 0.1) is 0 Å². The molecule has 0 saturated heterocycles.